The van der Waals surface area contributed by atoms with E-state index in [1.807, 2.05) is 0 Å². The summed E-state index contributed by atoms with van der Waals surface area (Å²) >= 11 is 2.23. The number of aromatic nitrogens is 3. The number of rotatable bonds is 10. The van der Waals surface area contributed by atoms with Crippen LogP contribution >= 0.6 is 22.6 Å². The summed E-state index contributed by atoms with van der Waals surface area (Å²) in [5.74, 6) is -1.16. The van der Waals surface area contributed by atoms with Crippen LogP contribution in [0.25, 0.3) is 0 Å². The fourth-order valence-corrected chi connectivity index (χ4v) is 6.01. The molecule has 1 fully saturated rings. The predicted molar refractivity (Wildman–Crippen MR) is 145 cm³/mol. The molecule has 1 aromatic carbocycles. The Morgan fingerprint density at radius 1 is 1.26 bits per heavy atom. The maximum atomic E-state index is 13.2. The Hall–Kier alpha value is -3.30. The van der Waals surface area contributed by atoms with Gasteiger partial charge in [0.15, 0.2) is 17.2 Å². The van der Waals surface area contributed by atoms with Gasteiger partial charge in [-0.15, -0.1) is 0 Å². The van der Waals surface area contributed by atoms with Crippen molar-refractivity contribution in [2.45, 2.75) is 38.3 Å². The number of hydrogen-bond donors (Lipinski definition) is 3. The van der Waals surface area contributed by atoms with Crippen molar-refractivity contribution in [3.8, 4) is 11.5 Å². The van der Waals surface area contributed by atoms with Crippen molar-refractivity contribution >= 4 is 45.6 Å². The molecule has 0 aliphatic heterocycles. The van der Waals surface area contributed by atoms with Crippen LogP contribution in [0.1, 0.15) is 47.9 Å². The number of carbonyl (C=O) groups excluding carboxylic acids is 1. The lowest BCUT2D eigenvalue weighted by Gasteiger charge is -2.37. The van der Waals surface area contributed by atoms with Gasteiger partial charge in [-0.25, -0.2) is 4.98 Å². The third-order valence-corrected chi connectivity index (χ3v) is 8.30. The lowest BCUT2D eigenvalue weighted by molar-refractivity contribution is -0.0509. The van der Waals surface area contributed by atoms with Gasteiger partial charge in [-0.1, -0.05) is 35.4 Å². The first-order chi connectivity index (χ1) is 18.0. The summed E-state index contributed by atoms with van der Waals surface area (Å²) in [6, 6.07) is 0.633. The minimum absolute atomic E-state index is 0.000861. The number of ether oxygens (including phenoxy) is 1. The molecule has 1 atom stereocenters. The number of aryl methyl sites for hydroxylation is 1. The number of halogens is 3. The number of aromatic hydroxyl groups is 1. The van der Waals surface area contributed by atoms with E-state index in [9.17, 15) is 28.3 Å². The van der Waals surface area contributed by atoms with Crippen molar-refractivity contribution in [1.29, 1.82) is 0 Å². The molecular formula is C24H27F2IN6O5. The first-order valence-corrected chi connectivity index (χ1v) is 13.3. The van der Waals surface area contributed by atoms with Crippen LogP contribution < -0.4 is 26.2 Å². The van der Waals surface area contributed by atoms with Crippen molar-refractivity contribution in [3.63, 3.8) is 0 Å². The standard InChI is InChI=1S/C24H27F2IN6O5/c1-32(2)22(37)17-18(34)12(6-9-28-17)29-15-16(20(36)19(15)35)30-21(24(11-27)7-4-5-8-24)14-13(38-23(25)26)10-33(3)31-14/h6,9-10,21,23,30,34H,4-5,7-8,11H2,1-3H3,(H,28,29). The summed E-state index contributed by atoms with van der Waals surface area (Å²) in [5.41, 5.74) is -2.30. The van der Waals surface area contributed by atoms with Crippen LogP contribution in [-0.4, -0.2) is 55.8 Å². The predicted octanol–water partition coefficient (Wildman–Crippen LogP) is 3.31. The van der Waals surface area contributed by atoms with Gasteiger partial charge < -0.3 is 25.4 Å². The summed E-state index contributed by atoms with van der Waals surface area (Å²) in [4.78, 5) is 42.8. The molecule has 38 heavy (non-hydrogen) atoms. The van der Waals surface area contributed by atoms with Crippen molar-refractivity contribution < 1.29 is 23.4 Å². The maximum absolute atomic E-state index is 13.2. The first-order valence-electron chi connectivity index (χ1n) is 11.8. The highest BCUT2D eigenvalue weighted by atomic mass is 127. The lowest BCUT2D eigenvalue weighted by atomic mass is 9.78. The van der Waals surface area contributed by atoms with E-state index in [0.717, 1.165) is 25.7 Å². The van der Waals surface area contributed by atoms with Crippen molar-refractivity contribution in [2.24, 2.45) is 12.5 Å². The molecule has 4 rings (SSSR count). The molecule has 0 radical (unpaired) electrons. The summed E-state index contributed by atoms with van der Waals surface area (Å²) < 4.78 is 33.2. The van der Waals surface area contributed by atoms with Crippen LogP contribution in [-0.2, 0) is 7.05 Å². The van der Waals surface area contributed by atoms with E-state index in [2.05, 4.69) is 43.3 Å². The Bertz CT molecular complexity index is 1410. The summed E-state index contributed by atoms with van der Waals surface area (Å²) in [5, 5.41) is 20.9. The average Bonchev–Trinajstić information content (AvgIpc) is 3.50. The molecule has 0 spiro atoms. The molecule has 0 saturated heterocycles. The van der Waals surface area contributed by atoms with Crippen LogP contribution in [0.3, 0.4) is 0 Å². The van der Waals surface area contributed by atoms with Crippen LogP contribution in [0, 0.1) is 5.41 Å². The smallest absolute Gasteiger partial charge is 0.387 e. The largest absolute Gasteiger partial charge is 0.504 e. The number of anilines is 3. The summed E-state index contributed by atoms with van der Waals surface area (Å²) in [7, 11) is 4.57. The second kappa shape index (κ2) is 10.8. The third kappa shape index (κ3) is 5.05. The zero-order chi connectivity index (χ0) is 27.8. The van der Waals surface area contributed by atoms with Gasteiger partial charge in [0.05, 0.1) is 17.9 Å². The Kier molecular flexibility index (Phi) is 7.90. The molecule has 3 aromatic rings. The van der Waals surface area contributed by atoms with Crippen LogP contribution in [0.2, 0.25) is 0 Å². The van der Waals surface area contributed by atoms with E-state index in [4.69, 9.17) is 4.74 Å². The second-order valence-electron chi connectivity index (χ2n) is 9.50. The van der Waals surface area contributed by atoms with Gasteiger partial charge >= 0.3 is 6.61 Å². The third-order valence-electron chi connectivity index (χ3n) is 6.78. The number of pyridine rings is 1. The number of alkyl halides is 3. The molecule has 204 valence electrons. The number of nitrogens with one attached hydrogen (secondary N) is 2. The Labute approximate surface area is 230 Å². The van der Waals surface area contributed by atoms with E-state index in [1.165, 1.54) is 42.1 Å². The first kappa shape index (κ1) is 27.7. The Morgan fingerprint density at radius 2 is 1.92 bits per heavy atom. The second-order valence-corrected chi connectivity index (χ2v) is 10.3. The SMILES string of the molecule is CN(C)C(=O)c1nccc(Nc2c(NC(c3nn(C)cc3OC(F)F)C3(CI)CCCC3)c(=O)c2=O)c1O. The molecule has 1 amide bonds. The zero-order valence-electron chi connectivity index (χ0n) is 20.9. The molecule has 2 heterocycles. The summed E-state index contributed by atoms with van der Waals surface area (Å²) in [6.45, 7) is -3.07. The topological polar surface area (TPSA) is 139 Å². The molecule has 2 aromatic heterocycles. The number of hydrogen-bond acceptors (Lipinski definition) is 9. The zero-order valence-corrected chi connectivity index (χ0v) is 23.1. The molecule has 1 unspecified atom stereocenters. The van der Waals surface area contributed by atoms with E-state index >= 15 is 0 Å². The van der Waals surface area contributed by atoms with Crippen LogP contribution in [0.4, 0.5) is 25.8 Å². The minimum Gasteiger partial charge on any atom is -0.504 e. The maximum Gasteiger partial charge on any atom is 0.387 e. The van der Waals surface area contributed by atoms with Crippen molar-refractivity contribution in [1.82, 2.24) is 19.7 Å². The molecule has 14 heteroatoms. The number of carbonyl (C=O) groups is 1. The molecule has 0 bridgehead atoms. The Morgan fingerprint density at radius 3 is 2.53 bits per heavy atom. The monoisotopic (exact) mass is 644 g/mol. The number of amides is 1. The van der Waals surface area contributed by atoms with E-state index in [0.29, 0.717) is 4.43 Å². The van der Waals surface area contributed by atoms with E-state index < -0.39 is 40.6 Å². The molecule has 1 aliphatic rings. The van der Waals surface area contributed by atoms with Gasteiger partial charge in [0.1, 0.15) is 17.1 Å². The van der Waals surface area contributed by atoms with Crippen LogP contribution in [0.15, 0.2) is 28.0 Å². The van der Waals surface area contributed by atoms with Gasteiger partial charge in [-0.2, -0.15) is 13.9 Å². The van der Waals surface area contributed by atoms with Gasteiger partial charge in [-0.3, -0.25) is 19.1 Å². The number of nitrogens with zero attached hydrogens (tertiary/aromatic N) is 4. The van der Waals surface area contributed by atoms with Gasteiger partial charge in [-0.05, 0) is 18.9 Å². The molecular weight excluding hydrogens is 617 g/mol. The fourth-order valence-electron chi connectivity index (χ4n) is 4.81. The molecule has 1 saturated carbocycles. The quantitative estimate of drug-likeness (QED) is 0.172. The van der Waals surface area contributed by atoms with Crippen molar-refractivity contribution in [3.05, 3.63) is 50.3 Å². The highest BCUT2D eigenvalue weighted by molar-refractivity contribution is 14.1. The van der Waals surface area contributed by atoms with Crippen LogP contribution in [0.5, 0.6) is 11.5 Å². The fraction of sp³-hybridized carbons (Fsp3) is 0.458. The highest BCUT2D eigenvalue weighted by Crippen LogP contribution is 2.52. The highest BCUT2D eigenvalue weighted by Gasteiger charge is 2.45. The van der Waals surface area contributed by atoms with Gasteiger partial charge in [0, 0.05) is 37.2 Å². The van der Waals surface area contributed by atoms with Gasteiger partial charge in [0.25, 0.3) is 16.8 Å². The van der Waals surface area contributed by atoms with Crippen molar-refractivity contribution in [2.75, 3.05) is 29.2 Å². The molecule has 1 aliphatic carbocycles. The van der Waals surface area contributed by atoms with E-state index in [1.54, 1.807) is 7.05 Å². The summed E-state index contributed by atoms with van der Waals surface area (Å²) in [6.07, 6.45) is 5.93. The normalized spacial score (nSPS) is 15.6. The van der Waals surface area contributed by atoms with E-state index in [-0.39, 0.29) is 34.2 Å². The molecule has 11 nitrogen and oxygen atoms in total. The van der Waals surface area contributed by atoms with Gasteiger partial charge in [0.2, 0.25) is 0 Å². The average molecular weight is 644 g/mol. The minimum atomic E-state index is -3.07. The molecule has 3 N–H and O–H groups in total. The Balaban J connectivity index is 1.75. The lowest BCUT2D eigenvalue weighted by Crippen LogP contribution is -2.41.